The van der Waals surface area contributed by atoms with Gasteiger partial charge in [-0.25, -0.2) is 19.1 Å². The van der Waals surface area contributed by atoms with Gasteiger partial charge < -0.3 is 19.4 Å². The number of rotatable bonds is 9. The average molecular weight is 514 g/mol. The van der Waals surface area contributed by atoms with E-state index in [4.69, 9.17) is 9.15 Å². The second-order valence-electron chi connectivity index (χ2n) is 9.05. The Balaban J connectivity index is 2.01. The molecule has 4 rings (SSSR count). The van der Waals surface area contributed by atoms with E-state index in [0.717, 1.165) is 10.1 Å². The SMILES string of the molecule is Cc1c(-c2ncco2)sc2c1c(=O)n(C(C)(C)C(=O)O)c(=O)n2C[C@@H](OC[C@H](C)O)c1ccccc1. The lowest BCUT2D eigenvalue weighted by Gasteiger charge is -2.25. The minimum atomic E-state index is -1.82. The number of nitrogens with zero attached hydrogens (tertiary/aromatic N) is 3. The van der Waals surface area contributed by atoms with E-state index in [-0.39, 0.29) is 18.5 Å². The summed E-state index contributed by atoms with van der Waals surface area (Å²) in [5.41, 5.74) is -2.00. The van der Waals surface area contributed by atoms with Gasteiger partial charge in [0.05, 0.1) is 35.7 Å². The molecule has 4 aromatic rings. The van der Waals surface area contributed by atoms with Gasteiger partial charge in [0.25, 0.3) is 5.56 Å². The third-order valence-electron chi connectivity index (χ3n) is 5.98. The topological polar surface area (TPSA) is 137 Å². The number of aliphatic carboxylic acids is 1. The van der Waals surface area contributed by atoms with Crippen LogP contribution in [0.1, 0.15) is 38.0 Å². The molecule has 0 unspecified atom stereocenters. The van der Waals surface area contributed by atoms with Crippen molar-refractivity contribution in [3.8, 4) is 10.8 Å². The van der Waals surface area contributed by atoms with Gasteiger partial charge in [0.1, 0.15) is 22.7 Å². The molecule has 0 saturated carbocycles. The first-order valence-corrected chi connectivity index (χ1v) is 12.1. The molecule has 2 atom stereocenters. The van der Waals surface area contributed by atoms with Gasteiger partial charge in [0.15, 0.2) is 0 Å². The number of ether oxygens (including phenoxy) is 1. The van der Waals surface area contributed by atoms with Crippen molar-refractivity contribution in [2.75, 3.05) is 6.61 Å². The molecular formula is C25H27N3O7S. The number of benzene rings is 1. The molecule has 3 heterocycles. The summed E-state index contributed by atoms with van der Waals surface area (Å²) in [6, 6.07) is 9.18. The Hall–Kier alpha value is -3.54. The van der Waals surface area contributed by atoms with Crippen LogP contribution in [0.25, 0.3) is 21.0 Å². The minimum Gasteiger partial charge on any atom is -0.480 e. The summed E-state index contributed by atoms with van der Waals surface area (Å²) < 4.78 is 13.6. The molecule has 0 aliphatic rings. The molecular weight excluding hydrogens is 486 g/mol. The third kappa shape index (κ3) is 4.52. The van der Waals surface area contributed by atoms with Gasteiger partial charge in [-0.05, 0) is 38.8 Å². The van der Waals surface area contributed by atoms with Crippen LogP contribution in [0.2, 0.25) is 0 Å². The Labute approximate surface area is 210 Å². The number of aryl methyl sites for hydroxylation is 1. The summed E-state index contributed by atoms with van der Waals surface area (Å²) in [6.07, 6.45) is 1.49. The summed E-state index contributed by atoms with van der Waals surface area (Å²) >= 11 is 1.17. The lowest BCUT2D eigenvalue weighted by molar-refractivity contribution is -0.146. The van der Waals surface area contributed by atoms with Gasteiger partial charge >= 0.3 is 11.7 Å². The van der Waals surface area contributed by atoms with Crippen LogP contribution >= 0.6 is 11.3 Å². The predicted octanol–water partition coefficient (Wildman–Crippen LogP) is 3.15. The van der Waals surface area contributed by atoms with E-state index in [9.17, 15) is 24.6 Å². The first-order valence-electron chi connectivity index (χ1n) is 11.3. The maximum absolute atomic E-state index is 13.8. The number of hydrogen-bond acceptors (Lipinski definition) is 8. The Kier molecular flexibility index (Phi) is 6.98. The van der Waals surface area contributed by atoms with Crippen LogP contribution in [0.3, 0.4) is 0 Å². The van der Waals surface area contributed by atoms with Crippen molar-refractivity contribution in [2.24, 2.45) is 0 Å². The van der Waals surface area contributed by atoms with Crippen molar-refractivity contribution in [3.05, 3.63) is 74.8 Å². The van der Waals surface area contributed by atoms with Crippen molar-refractivity contribution in [2.45, 2.75) is 52.0 Å². The molecule has 0 spiro atoms. The van der Waals surface area contributed by atoms with Crippen LogP contribution in [0.5, 0.6) is 0 Å². The normalized spacial score (nSPS) is 13.7. The number of oxazole rings is 1. The summed E-state index contributed by atoms with van der Waals surface area (Å²) in [7, 11) is 0. The first kappa shape index (κ1) is 25.5. The van der Waals surface area contributed by atoms with E-state index in [1.165, 1.54) is 42.2 Å². The molecule has 0 saturated heterocycles. The van der Waals surface area contributed by atoms with Crippen LogP contribution < -0.4 is 11.2 Å². The van der Waals surface area contributed by atoms with E-state index >= 15 is 0 Å². The number of aromatic nitrogens is 3. The number of carbonyl (C=O) groups is 1. The smallest absolute Gasteiger partial charge is 0.333 e. The number of thiophene rings is 1. The molecule has 0 amide bonds. The van der Waals surface area contributed by atoms with Gasteiger partial charge in [0.2, 0.25) is 5.89 Å². The number of carboxylic acid groups (broad SMARTS) is 1. The number of aliphatic hydroxyl groups is 1. The zero-order valence-electron chi connectivity index (χ0n) is 20.3. The fourth-order valence-electron chi connectivity index (χ4n) is 3.98. The quantitative estimate of drug-likeness (QED) is 0.348. The maximum Gasteiger partial charge on any atom is 0.333 e. The second-order valence-corrected chi connectivity index (χ2v) is 10.1. The number of hydrogen-bond donors (Lipinski definition) is 2. The van der Waals surface area contributed by atoms with Gasteiger partial charge in [-0.15, -0.1) is 11.3 Å². The highest BCUT2D eigenvalue weighted by Gasteiger charge is 2.36. The minimum absolute atomic E-state index is 0.0166. The lowest BCUT2D eigenvalue weighted by atomic mass is 10.1. The van der Waals surface area contributed by atoms with E-state index in [1.54, 1.807) is 13.8 Å². The molecule has 0 aliphatic heterocycles. The fourth-order valence-corrected chi connectivity index (χ4v) is 5.22. The first-order chi connectivity index (χ1) is 17.0. The molecule has 3 aromatic heterocycles. The summed E-state index contributed by atoms with van der Waals surface area (Å²) in [6.45, 7) is 5.92. The second kappa shape index (κ2) is 9.84. The highest BCUT2D eigenvalue weighted by Crippen LogP contribution is 2.36. The van der Waals surface area contributed by atoms with Crippen LogP contribution in [0.15, 0.2) is 56.8 Å². The molecule has 0 radical (unpaired) electrons. The van der Waals surface area contributed by atoms with Gasteiger partial charge in [0, 0.05) is 0 Å². The average Bonchev–Trinajstić information content (AvgIpc) is 3.47. The van der Waals surface area contributed by atoms with Crippen molar-refractivity contribution in [1.82, 2.24) is 14.1 Å². The van der Waals surface area contributed by atoms with Crippen LogP contribution in [-0.4, -0.2) is 43.0 Å². The molecule has 36 heavy (non-hydrogen) atoms. The van der Waals surface area contributed by atoms with Crippen molar-refractivity contribution >= 4 is 27.5 Å². The monoisotopic (exact) mass is 513 g/mol. The van der Waals surface area contributed by atoms with Gasteiger partial charge in [-0.2, -0.15) is 0 Å². The van der Waals surface area contributed by atoms with E-state index in [0.29, 0.717) is 21.2 Å². The summed E-state index contributed by atoms with van der Waals surface area (Å²) in [5, 5.41) is 19.9. The van der Waals surface area contributed by atoms with E-state index < -0.39 is 35.0 Å². The van der Waals surface area contributed by atoms with Crippen molar-refractivity contribution < 1.29 is 24.2 Å². The summed E-state index contributed by atoms with van der Waals surface area (Å²) in [5.74, 6) is -1.03. The van der Waals surface area contributed by atoms with Gasteiger partial charge in [-0.3, -0.25) is 9.36 Å². The zero-order valence-corrected chi connectivity index (χ0v) is 21.1. The van der Waals surface area contributed by atoms with Crippen LogP contribution in [0.4, 0.5) is 0 Å². The third-order valence-corrected chi connectivity index (χ3v) is 7.28. The van der Waals surface area contributed by atoms with Crippen LogP contribution in [-0.2, 0) is 21.6 Å². The van der Waals surface area contributed by atoms with Crippen LogP contribution in [0, 0.1) is 6.92 Å². The van der Waals surface area contributed by atoms with E-state index in [2.05, 4.69) is 4.98 Å². The lowest BCUT2D eigenvalue weighted by Crippen LogP contribution is -2.52. The molecule has 0 bridgehead atoms. The molecule has 11 heteroatoms. The highest BCUT2D eigenvalue weighted by atomic mass is 32.1. The molecule has 190 valence electrons. The molecule has 0 fully saturated rings. The highest BCUT2D eigenvalue weighted by molar-refractivity contribution is 7.22. The molecule has 2 N–H and O–H groups in total. The Morgan fingerprint density at radius 1 is 1.25 bits per heavy atom. The van der Waals surface area contributed by atoms with E-state index in [1.807, 2.05) is 30.3 Å². The summed E-state index contributed by atoms with van der Waals surface area (Å²) in [4.78, 5) is 44.6. The Morgan fingerprint density at radius 2 is 1.94 bits per heavy atom. The fraction of sp³-hybridized carbons (Fsp3) is 0.360. The zero-order chi connectivity index (χ0) is 26.2. The molecule has 1 aromatic carbocycles. The van der Waals surface area contributed by atoms with Crippen molar-refractivity contribution in [1.29, 1.82) is 0 Å². The number of fused-ring (bicyclic) bond motifs is 1. The maximum atomic E-state index is 13.8. The largest absolute Gasteiger partial charge is 0.480 e. The Morgan fingerprint density at radius 3 is 2.53 bits per heavy atom. The Bertz CT molecular complexity index is 1500. The van der Waals surface area contributed by atoms with Gasteiger partial charge in [-0.1, -0.05) is 30.3 Å². The molecule has 10 nitrogen and oxygen atoms in total. The predicted molar refractivity (Wildman–Crippen MR) is 134 cm³/mol. The molecule has 0 aliphatic carbocycles. The number of aliphatic hydroxyl groups excluding tert-OH is 1. The van der Waals surface area contributed by atoms with Crippen molar-refractivity contribution in [3.63, 3.8) is 0 Å². The number of carboxylic acids is 1. The standard InChI is InChI=1S/C25H27N3O7S/c1-14(29)13-35-17(16-8-6-5-7-9-16)12-27-22-18(15(2)19(36-22)20-26-10-11-34-20)21(30)28(24(27)33)25(3,4)23(31)32/h5-11,14,17,29H,12-13H2,1-4H3,(H,31,32)/t14-,17+/m0/s1.